The van der Waals surface area contributed by atoms with E-state index in [1.807, 2.05) is 24.3 Å². The van der Waals surface area contributed by atoms with Crippen LogP contribution in [0.4, 0.5) is 5.69 Å². The van der Waals surface area contributed by atoms with Gasteiger partial charge in [-0.1, -0.05) is 18.2 Å². The van der Waals surface area contributed by atoms with Crippen molar-refractivity contribution in [3.63, 3.8) is 0 Å². The lowest BCUT2D eigenvalue weighted by Gasteiger charge is -2.23. The molecule has 0 bridgehead atoms. The predicted octanol–water partition coefficient (Wildman–Crippen LogP) is 3.72. The molecule has 0 aliphatic heterocycles. The number of rotatable bonds is 6. The zero-order valence-corrected chi connectivity index (χ0v) is 14.3. The molecule has 6 heteroatoms. The summed E-state index contributed by atoms with van der Waals surface area (Å²) < 4.78 is 5.15. The van der Waals surface area contributed by atoms with Crippen molar-refractivity contribution in [3.8, 4) is 5.75 Å². The topological polar surface area (TPSA) is 72.7 Å². The van der Waals surface area contributed by atoms with Crippen LogP contribution in [0.2, 0.25) is 0 Å². The first-order chi connectivity index (χ1) is 12.0. The number of amides is 1. The molecule has 25 heavy (non-hydrogen) atoms. The Kier molecular flexibility index (Phi) is 4.70. The van der Waals surface area contributed by atoms with Crippen LogP contribution in [0.15, 0.2) is 42.5 Å². The molecule has 6 nitrogen and oxygen atoms in total. The molecule has 0 heterocycles. The van der Waals surface area contributed by atoms with E-state index in [1.165, 1.54) is 6.07 Å². The Bertz CT molecular complexity index is 798. The van der Waals surface area contributed by atoms with Gasteiger partial charge in [-0.05, 0) is 43.5 Å². The number of aryl methyl sites for hydroxylation is 1. The van der Waals surface area contributed by atoms with E-state index in [2.05, 4.69) is 0 Å². The van der Waals surface area contributed by atoms with Gasteiger partial charge >= 0.3 is 0 Å². The third-order valence-corrected chi connectivity index (χ3v) is 4.41. The lowest BCUT2D eigenvalue weighted by molar-refractivity contribution is -0.385. The second kappa shape index (κ2) is 6.93. The van der Waals surface area contributed by atoms with Crippen molar-refractivity contribution in [2.45, 2.75) is 32.4 Å². The van der Waals surface area contributed by atoms with E-state index in [4.69, 9.17) is 4.74 Å². The van der Waals surface area contributed by atoms with Gasteiger partial charge in [0.05, 0.1) is 12.0 Å². The van der Waals surface area contributed by atoms with Crippen LogP contribution >= 0.6 is 0 Å². The number of ether oxygens (including phenoxy) is 1. The van der Waals surface area contributed by atoms with E-state index in [0.29, 0.717) is 17.7 Å². The summed E-state index contributed by atoms with van der Waals surface area (Å²) in [6.45, 7) is 2.15. The van der Waals surface area contributed by atoms with Gasteiger partial charge in [-0.2, -0.15) is 0 Å². The number of hydrogen-bond donors (Lipinski definition) is 0. The summed E-state index contributed by atoms with van der Waals surface area (Å²) >= 11 is 0. The molecule has 1 aliphatic rings. The minimum absolute atomic E-state index is 0.0222. The predicted molar refractivity (Wildman–Crippen MR) is 93.7 cm³/mol. The van der Waals surface area contributed by atoms with E-state index in [9.17, 15) is 14.9 Å². The zero-order chi connectivity index (χ0) is 18.0. The van der Waals surface area contributed by atoms with Crippen molar-refractivity contribution in [1.82, 2.24) is 4.90 Å². The SMILES string of the molecule is COc1ccc(CN(C(=O)c2ccc(C)c([N+](=O)[O-])c2)C2CC2)cc1. The van der Waals surface area contributed by atoms with Gasteiger partial charge in [-0.15, -0.1) is 0 Å². The average Bonchev–Trinajstić information content (AvgIpc) is 3.44. The second-order valence-corrected chi connectivity index (χ2v) is 6.27. The quantitative estimate of drug-likeness (QED) is 0.593. The molecule has 0 aromatic heterocycles. The molecule has 1 fully saturated rings. The van der Waals surface area contributed by atoms with Crippen LogP contribution in [0.25, 0.3) is 0 Å². The molecular formula is C19H20N2O4. The first-order valence-electron chi connectivity index (χ1n) is 8.18. The number of nitro benzene ring substituents is 1. The minimum atomic E-state index is -0.447. The molecule has 3 rings (SSSR count). The van der Waals surface area contributed by atoms with E-state index in [1.54, 1.807) is 31.1 Å². The molecule has 0 unspecified atom stereocenters. The first kappa shape index (κ1) is 17.0. The molecule has 0 N–H and O–H groups in total. The van der Waals surface area contributed by atoms with Gasteiger partial charge < -0.3 is 9.64 Å². The fourth-order valence-electron chi connectivity index (χ4n) is 2.79. The number of methoxy groups -OCH3 is 1. The highest BCUT2D eigenvalue weighted by molar-refractivity contribution is 5.95. The number of carbonyl (C=O) groups is 1. The Morgan fingerprint density at radius 2 is 1.92 bits per heavy atom. The molecule has 130 valence electrons. The van der Waals surface area contributed by atoms with E-state index >= 15 is 0 Å². The maximum Gasteiger partial charge on any atom is 0.273 e. The summed E-state index contributed by atoms with van der Waals surface area (Å²) in [6, 6.07) is 12.5. The molecule has 2 aromatic carbocycles. The largest absolute Gasteiger partial charge is 0.497 e. The summed E-state index contributed by atoms with van der Waals surface area (Å²) in [4.78, 5) is 25.4. The van der Waals surface area contributed by atoms with Crippen molar-refractivity contribution in [3.05, 3.63) is 69.3 Å². The van der Waals surface area contributed by atoms with Gasteiger partial charge in [-0.25, -0.2) is 0 Å². The van der Waals surface area contributed by atoms with E-state index < -0.39 is 4.92 Å². The monoisotopic (exact) mass is 340 g/mol. The van der Waals surface area contributed by atoms with Gasteiger partial charge in [0.1, 0.15) is 5.75 Å². The lowest BCUT2D eigenvalue weighted by Crippen LogP contribution is -2.32. The summed E-state index contributed by atoms with van der Waals surface area (Å²) in [5, 5.41) is 11.1. The van der Waals surface area contributed by atoms with Crippen LogP contribution < -0.4 is 4.74 Å². The molecule has 1 aliphatic carbocycles. The zero-order valence-electron chi connectivity index (χ0n) is 14.3. The fourth-order valence-corrected chi connectivity index (χ4v) is 2.79. The fraction of sp³-hybridized carbons (Fsp3) is 0.316. The van der Waals surface area contributed by atoms with Crippen molar-refractivity contribution >= 4 is 11.6 Å². The summed E-state index contributed by atoms with van der Waals surface area (Å²) in [6.07, 6.45) is 1.94. The Labute approximate surface area is 146 Å². The lowest BCUT2D eigenvalue weighted by atomic mass is 10.1. The van der Waals surface area contributed by atoms with Crippen LogP contribution in [0, 0.1) is 17.0 Å². The molecule has 0 radical (unpaired) electrons. The normalized spacial score (nSPS) is 13.4. The van der Waals surface area contributed by atoms with Crippen LogP contribution in [0.1, 0.15) is 34.3 Å². The summed E-state index contributed by atoms with van der Waals surface area (Å²) in [5.41, 5.74) is 1.89. The standard InChI is InChI=1S/C19H20N2O4/c1-13-3-6-15(11-18(13)21(23)24)19(22)20(16-7-8-16)12-14-4-9-17(25-2)10-5-14/h3-6,9-11,16H,7-8,12H2,1-2H3. The number of nitrogens with zero attached hydrogens (tertiary/aromatic N) is 2. The van der Waals surface area contributed by atoms with E-state index in [-0.39, 0.29) is 17.6 Å². The highest BCUT2D eigenvalue weighted by Gasteiger charge is 2.33. The van der Waals surface area contributed by atoms with Crippen LogP contribution in [-0.2, 0) is 6.54 Å². The van der Waals surface area contributed by atoms with Gasteiger partial charge in [0.15, 0.2) is 0 Å². The van der Waals surface area contributed by atoms with Crippen molar-refractivity contribution in [1.29, 1.82) is 0 Å². The molecule has 0 atom stereocenters. The number of benzene rings is 2. The maximum absolute atomic E-state index is 12.9. The van der Waals surface area contributed by atoms with Gasteiger partial charge in [-0.3, -0.25) is 14.9 Å². The van der Waals surface area contributed by atoms with Crippen LogP contribution in [0.3, 0.4) is 0 Å². The third-order valence-electron chi connectivity index (χ3n) is 4.41. The molecule has 1 saturated carbocycles. The minimum Gasteiger partial charge on any atom is -0.497 e. The Morgan fingerprint density at radius 1 is 1.24 bits per heavy atom. The van der Waals surface area contributed by atoms with Crippen molar-refractivity contribution < 1.29 is 14.5 Å². The number of hydrogen-bond acceptors (Lipinski definition) is 4. The molecule has 0 saturated heterocycles. The first-order valence-corrected chi connectivity index (χ1v) is 8.18. The second-order valence-electron chi connectivity index (χ2n) is 6.27. The van der Waals surface area contributed by atoms with Crippen LogP contribution in [0.5, 0.6) is 5.75 Å². The van der Waals surface area contributed by atoms with Gasteiger partial charge in [0.2, 0.25) is 0 Å². The molecular weight excluding hydrogens is 320 g/mol. The third kappa shape index (κ3) is 3.79. The maximum atomic E-state index is 12.9. The average molecular weight is 340 g/mol. The Hall–Kier alpha value is -2.89. The molecule has 0 spiro atoms. The van der Waals surface area contributed by atoms with Gasteiger partial charge in [0.25, 0.3) is 11.6 Å². The number of nitro groups is 1. The summed E-state index contributed by atoms with van der Waals surface area (Å²) in [5.74, 6) is 0.601. The van der Waals surface area contributed by atoms with Crippen molar-refractivity contribution in [2.75, 3.05) is 7.11 Å². The highest BCUT2D eigenvalue weighted by Crippen LogP contribution is 2.31. The Morgan fingerprint density at radius 3 is 2.48 bits per heavy atom. The van der Waals surface area contributed by atoms with E-state index in [0.717, 1.165) is 24.2 Å². The van der Waals surface area contributed by atoms with Gasteiger partial charge in [0, 0.05) is 29.8 Å². The Balaban J connectivity index is 1.84. The molecule has 2 aromatic rings. The van der Waals surface area contributed by atoms with Crippen LogP contribution in [-0.4, -0.2) is 28.9 Å². The van der Waals surface area contributed by atoms with Crippen molar-refractivity contribution in [2.24, 2.45) is 0 Å². The number of carbonyl (C=O) groups excluding carboxylic acids is 1. The molecule has 1 amide bonds. The smallest absolute Gasteiger partial charge is 0.273 e. The highest BCUT2D eigenvalue weighted by atomic mass is 16.6. The summed E-state index contributed by atoms with van der Waals surface area (Å²) in [7, 11) is 1.61.